The minimum Gasteiger partial charge on any atom is -0.404 e. The van der Waals surface area contributed by atoms with Crippen LogP contribution in [-0.2, 0) is 25.3 Å². The first-order valence-corrected chi connectivity index (χ1v) is 12.8. The zero-order valence-corrected chi connectivity index (χ0v) is 20.9. The van der Waals surface area contributed by atoms with Gasteiger partial charge in [-0.1, -0.05) is 58.0 Å². The van der Waals surface area contributed by atoms with Gasteiger partial charge in [0.2, 0.25) is 5.91 Å². The highest BCUT2D eigenvalue weighted by Gasteiger charge is 2.68. The van der Waals surface area contributed by atoms with Gasteiger partial charge in [-0.2, -0.15) is 0 Å². The molecule has 5 aliphatic rings. The monoisotopic (exact) mass is 460 g/mol. The van der Waals surface area contributed by atoms with Crippen LogP contribution >= 0.6 is 0 Å². The first-order chi connectivity index (χ1) is 15.9. The van der Waals surface area contributed by atoms with Crippen molar-refractivity contribution in [2.45, 2.75) is 84.1 Å². The van der Waals surface area contributed by atoms with Crippen molar-refractivity contribution in [3.8, 4) is 0 Å². The van der Waals surface area contributed by atoms with Crippen molar-refractivity contribution in [2.75, 3.05) is 19.7 Å². The molecule has 1 amide bonds. The van der Waals surface area contributed by atoms with E-state index in [0.29, 0.717) is 43.2 Å². The van der Waals surface area contributed by atoms with Crippen LogP contribution in [0.15, 0.2) is 30.3 Å². The molecule has 0 spiro atoms. The average molecular weight is 460 g/mol. The Hall–Kier alpha value is -1.41. The van der Waals surface area contributed by atoms with E-state index in [1.54, 1.807) is 0 Å². The second kappa shape index (κ2) is 10.1. The molecular weight excluding hydrogens is 415 g/mol. The SMILES string of the molecule is CC.CC1(C)C2CC1[C@]1(C)OB([C@H](Cc3ccccc3)NC(=O)C[C@H]3CNCCO3)O[C@@H]1C2.[HH].[HH]. The van der Waals surface area contributed by atoms with Gasteiger partial charge in [-0.05, 0) is 49.0 Å². The fraction of sp³-hybridized carbons (Fsp3) is 0.731. The molecule has 3 saturated carbocycles. The van der Waals surface area contributed by atoms with E-state index in [1.807, 2.05) is 32.0 Å². The van der Waals surface area contributed by atoms with E-state index in [2.05, 4.69) is 43.5 Å². The molecule has 5 fully saturated rings. The number of carbonyl (C=O) groups is 1. The summed E-state index contributed by atoms with van der Waals surface area (Å²) in [6, 6.07) is 10.3. The fourth-order valence-corrected chi connectivity index (χ4v) is 6.38. The van der Waals surface area contributed by atoms with Crippen LogP contribution in [0.5, 0.6) is 0 Å². The lowest BCUT2D eigenvalue weighted by Gasteiger charge is -2.64. The summed E-state index contributed by atoms with van der Waals surface area (Å²) in [5.74, 6) is 0.972. The minimum atomic E-state index is -0.431. The molecule has 1 aromatic rings. The molecule has 2 bridgehead atoms. The van der Waals surface area contributed by atoms with Crippen molar-refractivity contribution in [3.63, 3.8) is 0 Å². The van der Waals surface area contributed by atoms with E-state index in [9.17, 15) is 4.79 Å². The van der Waals surface area contributed by atoms with Gasteiger partial charge in [0.05, 0.1) is 36.8 Å². The van der Waals surface area contributed by atoms with Crippen molar-refractivity contribution in [2.24, 2.45) is 17.3 Å². The molecule has 6 nitrogen and oxygen atoms in total. The van der Waals surface area contributed by atoms with Crippen molar-refractivity contribution < 1.29 is 21.7 Å². The van der Waals surface area contributed by atoms with Crippen LogP contribution in [-0.4, -0.2) is 56.5 Å². The molecule has 0 aromatic heterocycles. The highest BCUT2D eigenvalue weighted by Crippen LogP contribution is 2.65. The quantitative estimate of drug-likeness (QED) is 0.631. The summed E-state index contributed by atoms with van der Waals surface area (Å²) < 4.78 is 18.9. The summed E-state index contributed by atoms with van der Waals surface area (Å²) in [7, 11) is -0.431. The molecule has 2 aliphatic heterocycles. The van der Waals surface area contributed by atoms with Crippen LogP contribution in [0, 0.1) is 17.3 Å². The maximum atomic E-state index is 12.9. The molecule has 2 unspecified atom stereocenters. The topological polar surface area (TPSA) is 68.8 Å². The van der Waals surface area contributed by atoms with E-state index in [-0.39, 0.29) is 32.5 Å². The molecule has 2 saturated heterocycles. The van der Waals surface area contributed by atoms with Gasteiger partial charge in [0.15, 0.2) is 0 Å². The van der Waals surface area contributed by atoms with Gasteiger partial charge in [-0.3, -0.25) is 4.79 Å². The number of benzene rings is 1. The second-order valence-corrected chi connectivity index (χ2v) is 10.6. The molecule has 1 aromatic carbocycles. The third-order valence-corrected chi connectivity index (χ3v) is 8.36. The number of morpholine rings is 1. The molecule has 6 atom stereocenters. The van der Waals surface area contributed by atoms with Gasteiger partial charge in [0.1, 0.15) is 0 Å². The van der Waals surface area contributed by atoms with Crippen molar-refractivity contribution >= 4 is 13.0 Å². The molecule has 6 rings (SSSR count). The zero-order valence-electron chi connectivity index (χ0n) is 20.9. The van der Waals surface area contributed by atoms with Crippen LogP contribution in [0.2, 0.25) is 0 Å². The molecule has 2 N–H and O–H groups in total. The standard InChI is InChI=1S/C24H35BN2O4.C2H6.2H2/c1-23(2)17-12-19(23)24(3)20(13-17)30-25(31-24)21(11-16-7-5-4-6-8-16)27-22(28)14-18-15-26-9-10-29-18;1-2;;/h4-8,17-21,26H,9-15H2,1-3H3,(H,27,28);1-2H3;2*1H/t17?,18-,19?,20+,21-,24-;;;/m0.../s1. The van der Waals surface area contributed by atoms with Crippen LogP contribution in [0.1, 0.15) is 62.3 Å². The molecule has 2 heterocycles. The lowest BCUT2D eigenvalue weighted by Crippen LogP contribution is -2.65. The Morgan fingerprint density at radius 3 is 2.67 bits per heavy atom. The highest BCUT2D eigenvalue weighted by molar-refractivity contribution is 6.48. The molecule has 33 heavy (non-hydrogen) atoms. The Bertz CT molecular complexity index is 812. The number of nitrogens with one attached hydrogen (secondary N) is 2. The van der Waals surface area contributed by atoms with Gasteiger partial charge in [-0.25, -0.2) is 0 Å². The van der Waals surface area contributed by atoms with E-state index in [4.69, 9.17) is 14.0 Å². The summed E-state index contributed by atoms with van der Waals surface area (Å²) >= 11 is 0. The number of carbonyl (C=O) groups excluding carboxylic acids is 1. The normalized spacial score (nSPS) is 34.9. The summed E-state index contributed by atoms with van der Waals surface area (Å²) in [6.07, 6.45) is 3.33. The summed E-state index contributed by atoms with van der Waals surface area (Å²) in [6.45, 7) is 13.2. The van der Waals surface area contributed by atoms with E-state index < -0.39 is 7.12 Å². The Labute approximate surface area is 202 Å². The van der Waals surface area contributed by atoms with Crippen LogP contribution in [0.4, 0.5) is 0 Å². The lowest BCUT2D eigenvalue weighted by atomic mass is 9.43. The Morgan fingerprint density at radius 2 is 2.00 bits per heavy atom. The number of hydrogen-bond acceptors (Lipinski definition) is 5. The predicted octanol–water partition coefficient (Wildman–Crippen LogP) is 3.88. The third kappa shape index (κ3) is 4.88. The zero-order chi connectivity index (χ0) is 23.6. The maximum Gasteiger partial charge on any atom is 0.482 e. The maximum absolute atomic E-state index is 12.9. The van der Waals surface area contributed by atoms with Crippen LogP contribution in [0.3, 0.4) is 0 Å². The Morgan fingerprint density at radius 1 is 1.24 bits per heavy atom. The Kier molecular flexibility index (Phi) is 7.54. The average Bonchev–Trinajstić information content (AvgIpc) is 3.18. The molecule has 186 valence electrons. The largest absolute Gasteiger partial charge is 0.482 e. The third-order valence-electron chi connectivity index (χ3n) is 8.36. The first kappa shape index (κ1) is 24.7. The lowest BCUT2D eigenvalue weighted by molar-refractivity contribution is -0.199. The van der Waals surface area contributed by atoms with Gasteiger partial charge in [0, 0.05) is 15.9 Å². The van der Waals surface area contributed by atoms with Crippen LogP contribution in [0.25, 0.3) is 0 Å². The number of hydrogen-bond donors (Lipinski definition) is 2. The van der Waals surface area contributed by atoms with E-state index in [1.165, 1.54) is 12.0 Å². The van der Waals surface area contributed by atoms with Gasteiger partial charge < -0.3 is 24.7 Å². The fourth-order valence-electron chi connectivity index (χ4n) is 6.38. The molecule has 7 heteroatoms. The number of ether oxygens (including phenoxy) is 1. The van der Waals surface area contributed by atoms with E-state index >= 15 is 0 Å². The van der Waals surface area contributed by atoms with Crippen molar-refractivity contribution in [3.05, 3.63) is 35.9 Å². The van der Waals surface area contributed by atoms with Gasteiger partial charge in [-0.15, -0.1) is 0 Å². The van der Waals surface area contributed by atoms with E-state index in [0.717, 1.165) is 13.0 Å². The predicted molar refractivity (Wildman–Crippen MR) is 135 cm³/mol. The Balaban J connectivity index is 0.00000105. The molecular formula is C26H45BN2O4. The van der Waals surface area contributed by atoms with Crippen molar-refractivity contribution in [1.29, 1.82) is 0 Å². The molecule has 3 aliphatic carbocycles. The minimum absolute atomic E-state index is 0. The number of rotatable bonds is 6. The van der Waals surface area contributed by atoms with Crippen LogP contribution < -0.4 is 10.6 Å². The highest BCUT2D eigenvalue weighted by atomic mass is 16.7. The van der Waals surface area contributed by atoms with Gasteiger partial charge >= 0.3 is 7.12 Å². The summed E-state index contributed by atoms with van der Waals surface area (Å²) in [4.78, 5) is 12.9. The molecule has 0 radical (unpaired) electrons. The van der Waals surface area contributed by atoms with Crippen molar-refractivity contribution in [1.82, 2.24) is 10.6 Å². The smallest absolute Gasteiger partial charge is 0.404 e. The second-order valence-electron chi connectivity index (χ2n) is 10.6. The number of amides is 1. The first-order valence-electron chi connectivity index (χ1n) is 12.8. The summed E-state index contributed by atoms with van der Waals surface area (Å²) in [5, 5.41) is 6.52. The van der Waals surface area contributed by atoms with Gasteiger partial charge in [0.25, 0.3) is 0 Å². The summed E-state index contributed by atoms with van der Waals surface area (Å²) in [5.41, 5.74) is 1.19.